The van der Waals surface area contributed by atoms with Gasteiger partial charge in [-0.3, -0.25) is 9.19 Å². The van der Waals surface area contributed by atoms with Crippen LogP contribution in [0.15, 0.2) is 23.4 Å². The maximum absolute atomic E-state index is 11.5. The van der Waals surface area contributed by atoms with Gasteiger partial charge in [-0.05, 0) is 17.9 Å². The minimum absolute atomic E-state index is 0.685. The first-order valence-electron chi connectivity index (χ1n) is 6.63. The first kappa shape index (κ1) is 13.8. The highest BCUT2D eigenvalue weighted by Gasteiger charge is 2.19. The molecule has 0 unspecified atom stereocenters. The van der Waals surface area contributed by atoms with Crippen LogP contribution in [0.4, 0.5) is 5.95 Å². The third-order valence-corrected chi connectivity index (χ3v) is 5.28. The van der Waals surface area contributed by atoms with Crippen LogP contribution in [0.1, 0.15) is 6.92 Å². The third-order valence-electron chi connectivity index (χ3n) is 3.15. The van der Waals surface area contributed by atoms with E-state index in [4.69, 9.17) is 0 Å². The maximum atomic E-state index is 11.5. The predicted molar refractivity (Wildman–Crippen MR) is 83.8 cm³/mol. The van der Waals surface area contributed by atoms with Gasteiger partial charge in [0.25, 0.3) is 0 Å². The third kappa shape index (κ3) is 2.78. The number of aromatic nitrogens is 3. The lowest BCUT2D eigenvalue weighted by atomic mass is 10.4. The molecule has 2 aromatic heterocycles. The molecular formula is C13H16N4OS2. The van der Waals surface area contributed by atoms with Gasteiger partial charge in [0.1, 0.15) is 10.5 Å². The topological polar surface area (TPSA) is 59.0 Å². The van der Waals surface area contributed by atoms with Gasteiger partial charge < -0.3 is 4.90 Å². The number of pyridine rings is 1. The van der Waals surface area contributed by atoms with E-state index in [9.17, 15) is 4.21 Å². The molecule has 20 heavy (non-hydrogen) atoms. The van der Waals surface area contributed by atoms with Crippen molar-refractivity contribution in [3.63, 3.8) is 0 Å². The van der Waals surface area contributed by atoms with E-state index in [1.54, 1.807) is 18.0 Å². The van der Waals surface area contributed by atoms with E-state index < -0.39 is 10.8 Å². The molecule has 0 radical (unpaired) electrons. The van der Waals surface area contributed by atoms with E-state index in [1.165, 1.54) is 0 Å². The fraction of sp³-hybridized carbons (Fsp3) is 0.462. The normalized spacial score (nSPS) is 16.8. The number of rotatable bonds is 3. The van der Waals surface area contributed by atoms with Gasteiger partial charge in [0.15, 0.2) is 0 Å². The second kappa shape index (κ2) is 6.05. The molecule has 7 heteroatoms. The summed E-state index contributed by atoms with van der Waals surface area (Å²) in [7, 11) is -0.685. The molecule has 0 N–H and O–H groups in total. The van der Waals surface area contributed by atoms with E-state index in [0.29, 0.717) is 11.5 Å². The summed E-state index contributed by atoms with van der Waals surface area (Å²) in [5, 5.41) is 0.930. The van der Waals surface area contributed by atoms with Crippen LogP contribution in [-0.2, 0) is 10.8 Å². The van der Waals surface area contributed by atoms with Gasteiger partial charge >= 0.3 is 0 Å². The predicted octanol–water partition coefficient (Wildman–Crippen LogP) is 1.71. The van der Waals surface area contributed by atoms with Crippen molar-refractivity contribution in [2.75, 3.05) is 35.2 Å². The van der Waals surface area contributed by atoms with Gasteiger partial charge in [-0.15, -0.1) is 11.8 Å². The summed E-state index contributed by atoms with van der Waals surface area (Å²) in [5.41, 5.74) is 1.74. The van der Waals surface area contributed by atoms with Gasteiger partial charge in [0, 0.05) is 41.6 Å². The molecule has 0 aromatic carbocycles. The minimum Gasteiger partial charge on any atom is -0.339 e. The van der Waals surface area contributed by atoms with E-state index in [-0.39, 0.29) is 0 Å². The fourth-order valence-corrected chi connectivity index (χ4v) is 3.91. The molecule has 0 saturated carbocycles. The number of hydrogen-bond acceptors (Lipinski definition) is 6. The van der Waals surface area contributed by atoms with E-state index in [0.717, 1.165) is 40.9 Å². The zero-order valence-electron chi connectivity index (χ0n) is 11.3. The monoisotopic (exact) mass is 308 g/mol. The van der Waals surface area contributed by atoms with Crippen LogP contribution in [0.3, 0.4) is 0 Å². The Morgan fingerprint density at radius 1 is 1.35 bits per heavy atom. The first-order valence-corrected chi connectivity index (χ1v) is 9.11. The summed E-state index contributed by atoms with van der Waals surface area (Å²) in [4.78, 5) is 15.8. The fourth-order valence-electron chi connectivity index (χ4n) is 2.14. The van der Waals surface area contributed by atoms with Gasteiger partial charge in [-0.2, -0.15) is 0 Å². The van der Waals surface area contributed by atoms with Crippen LogP contribution in [-0.4, -0.2) is 49.5 Å². The number of fused-ring (bicyclic) bond motifs is 1. The van der Waals surface area contributed by atoms with Gasteiger partial charge in [0.05, 0.1) is 5.52 Å². The number of thioether (sulfide) groups is 1. The maximum Gasteiger partial charge on any atom is 0.227 e. The van der Waals surface area contributed by atoms with E-state index >= 15 is 0 Å². The van der Waals surface area contributed by atoms with Crippen molar-refractivity contribution in [1.29, 1.82) is 0 Å². The number of nitrogens with zero attached hydrogens (tertiary/aromatic N) is 4. The second-order valence-corrected chi connectivity index (χ2v) is 7.42. The molecule has 3 heterocycles. The molecule has 1 aliphatic rings. The quantitative estimate of drug-likeness (QED) is 0.635. The Balaban J connectivity index is 2.00. The average molecular weight is 308 g/mol. The molecular weight excluding hydrogens is 292 g/mol. The van der Waals surface area contributed by atoms with E-state index in [2.05, 4.69) is 26.8 Å². The summed E-state index contributed by atoms with van der Waals surface area (Å²) < 4.78 is 11.5. The molecule has 0 amide bonds. The Morgan fingerprint density at radius 2 is 2.15 bits per heavy atom. The molecule has 0 aliphatic carbocycles. The Labute approximate surface area is 124 Å². The smallest absolute Gasteiger partial charge is 0.227 e. The van der Waals surface area contributed by atoms with Crippen molar-refractivity contribution >= 4 is 39.5 Å². The highest BCUT2D eigenvalue weighted by Crippen LogP contribution is 2.26. The molecule has 3 rings (SSSR count). The van der Waals surface area contributed by atoms with E-state index in [1.807, 2.05) is 12.1 Å². The van der Waals surface area contributed by atoms with Crippen molar-refractivity contribution in [1.82, 2.24) is 15.0 Å². The lowest BCUT2D eigenvalue weighted by Gasteiger charge is -2.26. The highest BCUT2D eigenvalue weighted by molar-refractivity contribution is 7.99. The molecule has 1 aliphatic heterocycles. The largest absolute Gasteiger partial charge is 0.339 e. The Kier molecular flexibility index (Phi) is 4.16. The van der Waals surface area contributed by atoms with Gasteiger partial charge in [0.2, 0.25) is 5.95 Å². The average Bonchev–Trinajstić information content (AvgIpc) is 2.48. The van der Waals surface area contributed by atoms with Gasteiger partial charge in [-0.1, -0.05) is 6.92 Å². The Morgan fingerprint density at radius 3 is 2.90 bits per heavy atom. The SMILES string of the molecule is CCSc1nc(N2CCS(=O)CC2)nc2cccnc12. The molecule has 0 bridgehead atoms. The minimum atomic E-state index is -0.685. The summed E-state index contributed by atoms with van der Waals surface area (Å²) in [6.07, 6.45) is 1.77. The Bertz CT molecular complexity index is 639. The Hall–Kier alpha value is -1.21. The van der Waals surface area contributed by atoms with Crippen LogP contribution in [0.5, 0.6) is 0 Å². The highest BCUT2D eigenvalue weighted by atomic mass is 32.2. The molecule has 2 aromatic rings. The first-order chi connectivity index (χ1) is 9.78. The number of anilines is 1. The molecule has 1 saturated heterocycles. The standard InChI is InChI=1S/C13H16N4OS2/c1-2-19-12-11-10(4-3-5-14-11)15-13(16-12)17-6-8-20(18)9-7-17/h3-5H,2,6-9H2,1H3. The summed E-state index contributed by atoms with van der Waals surface area (Å²) in [5.74, 6) is 3.08. The zero-order valence-corrected chi connectivity index (χ0v) is 12.9. The summed E-state index contributed by atoms with van der Waals surface area (Å²) in [6.45, 7) is 3.62. The lowest BCUT2D eigenvalue weighted by molar-refractivity contribution is 0.671. The lowest BCUT2D eigenvalue weighted by Crippen LogP contribution is -2.38. The zero-order chi connectivity index (χ0) is 13.9. The van der Waals surface area contributed by atoms with Crippen LogP contribution >= 0.6 is 11.8 Å². The van der Waals surface area contributed by atoms with Crippen molar-refractivity contribution in [2.45, 2.75) is 11.9 Å². The molecule has 0 spiro atoms. The van der Waals surface area contributed by atoms with Gasteiger partial charge in [-0.25, -0.2) is 9.97 Å². The van der Waals surface area contributed by atoms with Crippen molar-refractivity contribution < 1.29 is 4.21 Å². The summed E-state index contributed by atoms with van der Waals surface area (Å²) >= 11 is 1.68. The van der Waals surface area contributed by atoms with Crippen LogP contribution in [0.25, 0.3) is 11.0 Å². The van der Waals surface area contributed by atoms with Crippen LogP contribution < -0.4 is 4.90 Å². The van der Waals surface area contributed by atoms with Crippen molar-refractivity contribution in [3.8, 4) is 0 Å². The molecule has 1 fully saturated rings. The van der Waals surface area contributed by atoms with Crippen LogP contribution in [0.2, 0.25) is 0 Å². The summed E-state index contributed by atoms with van der Waals surface area (Å²) in [6, 6.07) is 3.86. The molecule has 5 nitrogen and oxygen atoms in total. The van der Waals surface area contributed by atoms with Crippen molar-refractivity contribution in [3.05, 3.63) is 18.3 Å². The second-order valence-electron chi connectivity index (χ2n) is 4.47. The molecule has 106 valence electrons. The van der Waals surface area contributed by atoms with Crippen molar-refractivity contribution in [2.24, 2.45) is 0 Å². The number of hydrogen-bond donors (Lipinski definition) is 0. The molecule has 0 atom stereocenters. The van der Waals surface area contributed by atoms with Crippen LogP contribution in [0, 0.1) is 0 Å².